The SMILES string of the molecule is COC(=O)c1ccc(N2C(=O)C[C@@H]([NH+]3CCN(c4ccc(F)cc4)CC3)C2=O)cc1. The van der Waals surface area contributed by atoms with Crippen molar-refractivity contribution in [3.8, 4) is 0 Å². The minimum absolute atomic E-state index is 0.170. The second kappa shape index (κ2) is 8.23. The number of hydrogen-bond acceptors (Lipinski definition) is 5. The summed E-state index contributed by atoms with van der Waals surface area (Å²) in [5, 5.41) is 0. The van der Waals surface area contributed by atoms with E-state index in [4.69, 9.17) is 0 Å². The van der Waals surface area contributed by atoms with Gasteiger partial charge in [-0.3, -0.25) is 9.59 Å². The van der Waals surface area contributed by atoms with Crippen molar-refractivity contribution in [3.63, 3.8) is 0 Å². The minimum atomic E-state index is -0.470. The molecule has 2 amide bonds. The van der Waals surface area contributed by atoms with Gasteiger partial charge in [0.15, 0.2) is 6.04 Å². The number of anilines is 2. The molecule has 2 heterocycles. The summed E-state index contributed by atoms with van der Waals surface area (Å²) in [5.74, 6) is -1.18. The van der Waals surface area contributed by atoms with E-state index in [-0.39, 0.29) is 24.1 Å². The molecular weight excluding hydrogens is 389 g/mol. The fourth-order valence-electron chi connectivity index (χ4n) is 4.14. The molecule has 156 valence electrons. The second-order valence-electron chi connectivity index (χ2n) is 7.48. The van der Waals surface area contributed by atoms with Gasteiger partial charge in [0.1, 0.15) is 5.82 Å². The molecule has 2 saturated heterocycles. The van der Waals surface area contributed by atoms with Crippen LogP contribution in [0.25, 0.3) is 0 Å². The molecule has 2 aliphatic rings. The number of hydrogen-bond donors (Lipinski definition) is 1. The quantitative estimate of drug-likeness (QED) is 0.590. The van der Waals surface area contributed by atoms with E-state index in [1.807, 2.05) is 0 Å². The average molecular weight is 412 g/mol. The van der Waals surface area contributed by atoms with E-state index in [0.29, 0.717) is 11.3 Å². The number of benzene rings is 2. The molecule has 0 unspecified atom stereocenters. The highest BCUT2D eigenvalue weighted by Gasteiger charge is 2.46. The van der Waals surface area contributed by atoms with Gasteiger partial charge in [-0.1, -0.05) is 0 Å². The van der Waals surface area contributed by atoms with Gasteiger partial charge in [-0.05, 0) is 48.5 Å². The minimum Gasteiger partial charge on any atom is -0.465 e. The van der Waals surface area contributed by atoms with Gasteiger partial charge >= 0.3 is 5.97 Å². The van der Waals surface area contributed by atoms with Crippen LogP contribution >= 0.6 is 0 Å². The van der Waals surface area contributed by atoms with Gasteiger partial charge in [0.25, 0.3) is 5.91 Å². The number of esters is 1. The molecule has 8 heteroatoms. The summed E-state index contributed by atoms with van der Waals surface area (Å²) >= 11 is 0. The third-order valence-electron chi connectivity index (χ3n) is 5.78. The van der Waals surface area contributed by atoms with Crippen LogP contribution in [0.1, 0.15) is 16.8 Å². The monoisotopic (exact) mass is 412 g/mol. The number of quaternary nitrogens is 1. The maximum Gasteiger partial charge on any atom is 0.337 e. The van der Waals surface area contributed by atoms with Crippen molar-refractivity contribution in [2.45, 2.75) is 12.5 Å². The van der Waals surface area contributed by atoms with E-state index < -0.39 is 12.0 Å². The van der Waals surface area contributed by atoms with Crippen molar-refractivity contribution in [2.75, 3.05) is 43.1 Å². The highest BCUT2D eigenvalue weighted by molar-refractivity contribution is 6.22. The zero-order valence-electron chi connectivity index (χ0n) is 16.6. The Morgan fingerprint density at radius 3 is 2.20 bits per heavy atom. The Bertz CT molecular complexity index is 953. The fraction of sp³-hybridized carbons (Fsp3) is 0.318. The number of imide groups is 1. The molecule has 1 N–H and O–H groups in total. The Hall–Kier alpha value is -3.26. The molecule has 2 aliphatic heterocycles. The summed E-state index contributed by atoms with van der Waals surface area (Å²) in [6, 6.07) is 12.3. The lowest BCUT2D eigenvalue weighted by Gasteiger charge is -2.35. The zero-order valence-corrected chi connectivity index (χ0v) is 16.6. The van der Waals surface area contributed by atoms with Crippen LogP contribution in [0.15, 0.2) is 48.5 Å². The predicted octanol–water partition coefficient (Wildman–Crippen LogP) is 0.649. The molecule has 2 aromatic rings. The van der Waals surface area contributed by atoms with E-state index in [2.05, 4.69) is 9.64 Å². The summed E-state index contributed by atoms with van der Waals surface area (Å²) in [6.45, 7) is 2.89. The van der Waals surface area contributed by atoms with Crippen molar-refractivity contribution < 1.29 is 28.4 Å². The lowest BCUT2D eigenvalue weighted by atomic mass is 10.1. The number of nitrogens with zero attached hydrogens (tertiary/aromatic N) is 2. The molecule has 0 saturated carbocycles. The molecule has 30 heavy (non-hydrogen) atoms. The first-order valence-electron chi connectivity index (χ1n) is 9.88. The Balaban J connectivity index is 1.42. The van der Waals surface area contributed by atoms with Crippen LogP contribution in [0.5, 0.6) is 0 Å². The molecule has 0 bridgehead atoms. The molecular formula is C22H23FN3O4+. The van der Waals surface area contributed by atoms with Crippen LogP contribution in [0.4, 0.5) is 15.8 Å². The molecule has 0 aromatic heterocycles. The Kier molecular flexibility index (Phi) is 5.50. The van der Waals surface area contributed by atoms with Crippen LogP contribution in [0.3, 0.4) is 0 Å². The lowest BCUT2D eigenvalue weighted by Crippen LogP contribution is -3.19. The van der Waals surface area contributed by atoms with Gasteiger partial charge in [-0.2, -0.15) is 0 Å². The number of amides is 2. The topological polar surface area (TPSA) is 71.4 Å². The molecule has 0 spiro atoms. The van der Waals surface area contributed by atoms with Gasteiger partial charge < -0.3 is 14.5 Å². The average Bonchev–Trinajstić information content (AvgIpc) is 3.08. The second-order valence-corrected chi connectivity index (χ2v) is 7.48. The Morgan fingerprint density at radius 2 is 1.60 bits per heavy atom. The van der Waals surface area contributed by atoms with Gasteiger partial charge in [-0.25, -0.2) is 14.1 Å². The van der Waals surface area contributed by atoms with Crippen LogP contribution in [0.2, 0.25) is 0 Å². The third-order valence-corrected chi connectivity index (χ3v) is 5.78. The number of rotatable bonds is 4. The molecule has 7 nitrogen and oxygen atoms in total. The first-order valence-corrected chi connectivity index (χ1v) is 9.88. The highest BCUT2D eigenvalue weighted by Crippen LogP contribution is 2.23. The molecule has 2 aromatic carbocycles. The van der Waals surface area contributed by atoms with Crippen molar-refractivity contribution in [1.29, 1.82) is 0 Å². The number of ether oxygens (including phenoxy) is 1. The Labute approximate surface area is 173 Å². The van der Waals surface area contributed by atoms with E-state index in [0.717, 1.165) is 36.8 Å². The predicted molar refractivity (Wildman–Crippen MR) is 108 cm³/mol. The van der Waals surface area contributed by atoms with Crippen LogP contribution in [0, 0.1) is 5.82 Å². The standard InChI is InChI=1S/C22H22FN3O4/c1-30-22(29)15-2-6-18(7-3-15)26-20(27)14-19(21(26)28)25-12-10-24(11-13-25)17-8-4-16(23)5-9-17/h2-9,19H,10-14H2,1H3/p+1/t19-/m1/s1. The fourth-order valence-corrected chi connectivity index (χ4v) is 4.14. The van der Waals surface area contributed by atoms with Crippen molar-refractivity contribution in [1.82, 2.24) is 0 Å². The third kappa shape index (κ3) is 3.78. The molecule has 4 rings (SSSR count). The van der Waals surface area contributed by atoms with Gasteiger partial charge in [0.2, 0.25) is 5.91 Å². The molecule has 2 fully saturated rings. The summed E-state index contributed by atoms with van der Waals surface area (Å²) in [4.78, 5) is 41.6. The molecule has 1 atom stereocenters. The van der Waals surface area contributed by atoms with Gasteiger partial charge in [0, 0.05) is 5.69 Å². The van der Waals surface area contributed by atoms with E-state index in [1.165, 1.54) is 24.1 Å². The smallest absolute Gasteiger partial charge is 0.337 e. The van der Waals surface area contributed by atoms with Crippen molar-refractivity contribution >= 4 is 29.2 Å². The number of carbonyl (C=O) groups excluding carboxylic acids is 3. The van der Waals surface area contributed by atoms with E-state index >= 15 is 0 Å². The first-order chi connectivity index (χ1) is 14.5. The van der Waals surface area contributed by atoms with Crippen molar-refractivity contribution in [2.24, 2.45) is 0 Å². The Morgan fingerprint density at radius 1 is 1.00 bits per heavy atom. The van der Waals surface area contributed by atoms with E-state index in [9.17, 15) is 18.8 Å². The normalized spacial score (nSPS) is 20.0. The van der Waals surface area contributed by atoms with Crippen LogP contribution in [-0.4, -0.2) is 57.1 Å². The maximum absolute atomic E-state index is 13.1. The molecule has 0 radical (unpaired) electrons. The number of nitrogens with one attached hydrogen (secondary N) is 1. The lowest BCUT2D eigenvalue weighted by molar-refractivity contribution is -0.915. The van der Waals surface area contributed by atoms with Crippen LogP contribution < -0.4 is 14.7 Å². The summed E-state index contributed by atoms with van der Waals surface area (Å²) in [6.07, 6.45) is 0.170. The largest absolute Gasteiger partial charge is 0.465 e. The van der Waals surface area contributed by atoms with Gasteiger partial charge in [-0.15, -0.1) is 0 Å². The number of piperazine rings is 1. The molecule has 0 aliphatic carbocycles. The van der Waals surface area contributed by atoms with E-state index in [1.54, 1.807) is 36.4 Å². The zero-order chi connectivity index (χ0) is 21.3. The summed E-state index contributed by atoms with van der Waals surface area (Å²) < 4.78 is 17.8. The van der Waals surface area contributed by atoms with Crippen LogP contribution in [-0.2, 0) is 14.3 Å². The summed E-state index contributed by atoms with van der Waals surface area (Å²) in [5.41, 5.74) is 1.78. The number of halogens is 1. The number of methoxy groups -OCH3 is 1. The summed E-state index contributed by atoms with van der Waals surface area (Å²) in [7, 11) is 1.30. The highest BCUT2D eigenvalue weighted by atomic mass is 19.1. The number of carbonyl (C=O) groups is 3. The van der Waals surface area contributed by atoms with Gasteiger partial charge in [0.05, 0.1) is 51.0 Å². The van der Waals surface area contributed by atoms with Crippen molar-refractivity contribution in [3.05, 3.63) is 59.9 Å². The first kappa shape index (κ1) is 20.0. The maximum atomic E-state index is 13.1.